The molecule has 5 nitrogen and oxygen atoms in total. The SMILES string of the molecule is O=C(Nc1cc(C(F)(F)F)c[nH]c1=O)N1CCCC1C1CCCC1. The topological polar surface area (TPSA) is 65.2 Å². The van der Waals surface area contributed by atoms with Crippen LogP contribution in [-0.2, 0) is 6.18 Å². The quantitative estimate of drug-likeness (QED) is 0.862. The number of nitrogens with zero attached hydrogens (tertiary/aromatic N) is 1. The zero-order chi connectivity index (χ0) is 17.3. The van der Waals surface area contributed by atoms with Gasteiger partial charge >= 0.3 is 12.2 Å². The van der Waals surface area contributed by atoms with Gasteiger partial charge in [0.2, 0.25) is 0 Å². The van der Waals surface area contributed by atoms with E-state index in [2.05, 4.69) is 5.32 Å². The van der Waals surface area contributed by atoms with Crippen molar-refractivity contribution in [3.8, 4) is 0 Å². The Kier molecular flexibility index (Phi) is 4.56. The van der Waals surface area contributed by atoms with Crippen molar-refractivity contribution < 1.29 is 18.0 Å². The fourth-order valence-corrected chi connectivity index (χ4v) is 3.80. The summed E-state index contributed by atoms with van der Waals surface area (Å²) in [6.45, 7) is 0.573. The third kappa shape index (κ3) is 3.42. The Morgan fingerprint density at radius 1 is 1.21 bits per heavy atom. The van der Waals surface area contributed by atoms with E-state index in [-0.39, 0.29) is 11.7 Å². The van der Waals surface area contributed by atoms with Gasteiger partial charge in [-0.25, -0.2) is 4.79 Å². The number of aromatic nitrogens is 1. The smallest absolute Gasteiger partial charge is 0.327 e. The molecule has 1 unspecified atom stereocenters. The highest BCUT2D eigenvalue weighted by molar-refractivity contribution is 5.89. The molecule has 8 heteroatoms. The first-order valence-corrected chi connectivity index (χ1v) is 8.24. The minimum Gasteiger partial charge on any atom is -0.327 e. The minimum absolute atomic E-state index is 0.123. The number of pyridine rings is 1. The molecule has 1 saturated heterocycles. The lowest BCUT2D eigenvalue weighted by Crippen LogP contribution is -2.42. The van der Waals surface area contributed by atoms with E-state index in [4.69, 9.17) is 0 Å². The number of hydrogen-bond donors (Lipinski definition) is 2. The number of rotatable bonds is 2. The zero-order valence-corrected chi connectivity index (χ0v) is 13.2. The molecule has 3 rings (SSSR count). The Morgan fingerprint density at radius 2 is 1.92 bits per heavy atom. The number of amides is 2. The molecule has 1 aliphatic carbocycles. The van der Waals surface area contributed by atoms with Crippen LogP contribution in [0.15, 0.2) is 17.1 Å². The second kappa shape index (κ2) is 6.49. The number of carbonyl (C=O) groups excluding carboxylic acids is 1. The van der Waals surface area contributed by atoms with Crippen molar-refractivity contribution in [3.05, 3.63) is 28.2 Å². The van der Waals surface area contributed by atoms with E-state index in [1.165, 1.54) is 0 Å². The van der Waals surface area contributed by atoms with Gasteiger partial charge in [0.25, 0.3) is 5.56 Å². The van der Waals surface area contributed by atoms with Gasteiger partial charge in [-0.2, -0.15) is 13.2 Å². The number of alkyl halides is 3. The van der Waals surface area contributed by atoms with Gasteiger partial charge in [-0.15, -0.1) is 0 Å². The molecule has 2 amide bonds. The van der Waals surface area contributed by atoms with Gasteiger partial charge < -0.3 is 15.2 Å². The van der Waals surface area contributed by atoms with Crippen LogP contribution in [0.25, 0.3) is 0 Å². The summed E-state index contributed by atoms with van der Waals surface area (Å²) in [5.74, 6) is 0.457. The highest BCUT2D eigenvalue weighted by atomic mass is 19.4. The number of halogens is 3. The predicted octanol–water partition coefficient (Wildman–Crippen LogP) is 3.58. The number of aromatic amines is 1. The molecular weight excluding hydrogens is 323 g/mol. The molecule has 0 radical (unpaired) electrons. The molecule has 24 heavy (non-hydrogen) atoms. The molecule has 2 fully saturated rings. The van der Waals surface area contributed by atoms with Crippen molar-refractivity contribution in [2.24, 2.45) is 5.92 Å². The molecule has 1 aromatic heterocycles. The van der Waals surface area contributed by atoms with Gasteiger partial charge in [-0.3, -0.25) is 4.79 Å². The maximum absolute atomic E-state index is 12.8. The van der Waals surface area contributed by atoms with E-state index in [1.807, 2.05) is 4.98 Å². The molecule has 2 N–H and O–H groups in total. The standard InChI is InChI=1S/C16H20F3N3O2/c17-16(18,19)11-8-12(14(23)20-9-11)21-15(24)22-7-3-6-13(22)10-4-1-2-5-10/h8-10,13H,1-7H2,(H,20,23)(H,21,24). The Hall–Kier alpha value is -1.99. The van der Waals surface area contributed by atoms with Crippen LogP contribution in [0.1, 0.15) is 44.1 Å². The number of likely N-dealkylation sites (tertiary alicyclic amines) is 1. The summed E-state index contributed by atoms with van der Waals surface area (Å²) in [6.07, 6.45) is 2.30. The van der Waals surface area contributed by atoms with Gasteiger partial charge in [0.1, 0.15) is 5.69 Å². The normalized spacial score (nSPS) is 22.1. The molecule has 0 spiro atoms. The summed E-state index contributed by atoms with van der Waals surface area (Å²) in [5, 5.41) is 2.36. The van der Waals surface area contributed by atoms with Crippen LogP contribution in [0.3, 0.4) is 0 Å². The lowest BCUT2D eigenvalue weighted by Gasteiger charge is -2.29. The second-order valence-corrected chi connectivity index (χ2v) is 6.51. The molecular formula is C16H20F3N3O2. The maximum atomic E-state index is 12.8. The summed E-state index contributed by atoms with van der Waals surface area (Å²) < 4.78 is 38.3. The van der Waals surface area contributed by atoms with Crippen LogP contribution in [0.2, 0.25) is 0 Å². The number of carbonyl (C=O) groups is 1. The zero-order valence-electron chi connectivity index (χ0n) is 13.2. The third-order valence-corrected chi connectivity index (χ3v) is 4.98. The van der Waals surface area contributed by atoms with Crippen LogP contribution < -0.4 is 10.9 Å². The maximum Gasteiger partial charge on any atom is 0.417 e. The first-order valence-electron chi connectivity index (χ1n) is 8.24. The molecule has 0 bridgehead atoms. The van der Waals surface area contributed by atoms with Crippen molar-refractivity contribution in [1.82, 2.24) is 9.88 Å². The summed E-state index contributed by atoms with van der Waals surface area (Å²) in [7, 11) is 0. The van der Waals surface area contributed by atoms with Crippen LogP contribution >= 0.6 is 0 Å². The average molecular weight is 343 g/mol. The second-order valence-electron chi connectivity index (χ2n) is 6.51. The van der Waals surface area contributed by atoms with Gasteiger partial charge in [-0.1, -0.05) is 12.8 Å². The molecule has 2 aliphatic rings. The Morgan fingerprint density at radius 3 is 2.58 bits per heavy atom. The molecule has 1 saturated carbocycles. The Balaban J connectivity index is 1.75. The van der Waals surface area contributed by atoms with Crippen molar-refractivity contribution in [3.63, 3.8) is 0 Å². The van der Waals surface area contributed by atoms with Crippen molar-refractivity contribution in [2.45, 2.75) is 50.7 Å². The molecule has 1 aromatic rings. The summed E-state index contributed by atoms with van der Waals surface area (Å²) in [6, 6.07) is 0.309. The molecule has 132 valence electrons. The fraction of sp³-hybridized carbons (Fsp3) is 0.625. The van der Waals surface area contributed by atoms with Crippen LogP contribution in [0.5, 0.6) is 0 Å². The van der Waals surface area contributed by atoms with E-state index in [1.54, 1.807) is 4.90 Å². The first kappa shape index (κ1) is 16.9. The Labute approximate surface area is 137 Å². The van der Waals surface area contributed by atoms with Crippen molar-refractivity contribution >= 4 is 11.7 Å². The number of nitrogens with one attached hydrogen (secondary N) is 2. The number of hydrogen-bond acceptors (Lipinski definition) is 2. The monoisotopic (exact) mass is 343 g/mol. The number of urea groups is 1. The summed E-state index contributed by atoms with van der Waals surface area (Å²) in [4.78, 5) is 27.9. The van der Waals surface area contributed by atoms with Gasteiger partial charge in [0.05, 0.1) is 5.56 Å². The first-order chi connectivity index (χ1) is 11.4. The van der Waals surface area contributed by atoms with Crippen molar-refractivity contribution in [1.29, 1.82) is 0 Å². The van der Waals surface area contributed by atoms with Crippen LogP contribution in [0.4, 0.5) is 23.7 Å². The highest BCUT2D eigenvalue weighted by Gasteiger charge is 2.36. The van der Waals surface area contributed by atoms with Crippen LogP contribution in [0, 0.1) is 5.92 Å². The summed E-state index contributed by atoms with van der Waals surface area (Å²) >= 11 is 0. The van der Waals surface area contributed by atoms with E-state index >= 15 is 0 Å². The molecule has 2 heterocycles. The third-order valence-electron chi connectivity index (χ3n) is 4.98. The average Bonchev–Trinajstić information content (AvgIpc) is 3.18. The van der Waals surface area contributed by atoms with E-state index in [0.29, 0.717) is 24.7 Å². The summed E-state index contributed by atoms with van der Waals surface area (Å²) in [5.41, 5.74) is -2.11. The predicted molar refractivity (Wildman–Crippen MR) is 82.8 cm³/mol. The fourth-order valence-electron chi connectivity index (χ4n) is 3.80. The van der Waals surface area contributed by atoms with Gasteiger partial charge in [0, 0.05) is 18.8 Å². The van der Waals surface area contributed by atoms with E-state index < -0.39 is 23.3 Å². The lowest BCUT2D eigenvalue weighted by atomic mass is 9.96. The minimum atomic E-state index is -4.58. The largest absolute Gasteiger partial charge is 0.417 e. The highest BCUT2D eigenvalue weighted by Crippen LogP contribution is 2.35. The van der Waals surface area contributed by atoms with E-state index in [0.717, 1.165) is 38.5 Å². The number of anilines is 1. The van der Waals surface area contributed by atoms with E-state index in [9.17, 15) is 22.8 Å². The molecule has 1 atom stereocenters. The van der Waals surface area contributed by atoms with Crippen molar-refractivity contribution in [2.75, 3.05) is 11.9 Å². The van der Waals surface area contributed by atoms with Gasteiger partial charge in [0.15, 0.2) is 0 Å². The Bertz CT molecular complexity index is 665. The van der Waals surface area contributed by atoms with Crippen LogP contribution in [-0.4, -0.2) is 28.5 Å². The lowest BCUT2D eigenvalue weighted by molar-refractivity contribution is -0.137. The van der Waals surface area contributed by atoms with Gasteiger partial charge in [-0.05, 0) is 37.7 Å². The molecule has 0 aromatic carbocycles. The molecule has 1 aliphatic heterocycles. The number of H-pyrrole nitrogens is 1.